The second-order valence-corrected chi connectivity index (χ2v) is 4.10. The molecule has 6 nitrogen and oxygen atoms in total. The molecule has 0 unspecified atom stereocenters. The van der Waals surface area contributed by atoms with Gasteiger partial charge in [-0.15, -0.1) is 0 Å². The molecule has 4 atom stereocenters. The summed E-state index contributed by atoms with van der Waals surface area (Å²) in [5.74, 6) is -2.05. The van der Waals surface area contributed by atoms with Gasteiger partial charge in [0.25, 0.3) is 5.91 Å². The molecule has 90 valence electrons. The van der Waals surface area contributed by atoms with Gasteiger partial charge in [-0.2, -0.15) is 0 Å². The molecule has 16 heavy (non-hydrogen) atoms. The van der Waals surface area contributed by atoms with Crippen LogP contribution in [0.2, 0.25) is 0 Å². The Balaban J connectivity index is 2.22. The maximum atomic E-state index is 11.6. The molecule has 2 aliphatic rings. The predicted octanol–water partition coefficient (Wildman–Crippen LogP) is -1.50. The molecule has 2 rings (SSSR count). The monoisotopic (exact) mass is 229 g/mol. The predicted molar refractivity (Wildman–Crippen MR) is 52.3 cm³/mol. The number of nitrogens with zero attached hydrogens (tertiary/aromatic N) is 1. The molecule has 0 aromatic rings. The Labute approximate surface area is 92.8 Å². The van der Waals surface area contributed by atoms with Gasteiger partial charge in [0.15, 0.2) is 0 Å². The van der Waals surface area contributed by atoms with Crippen molar-refractivity contribution in [3.63, 3.8) is 0 Å². The van der Waals surface area contributed by atoms with Gasteiger partial charge in [-0.3, -0.25) is 9.59 Å². The fourth-order valence-corrected chi connectivity index (χ4v) is 2.51. The Kier molecular flexibility index (Phi) is 2.86. The quantitative estimate of drug-likeness (QED) is 0.563. The number of carbonyl (C=O) groups is 2. The Morgan fingerprint density at radius 1 is 1.56 bits per heavy atom. The first kappa shape index (κ1) is 11.3. The molecule has 0 aliphatic carbocycles. The molecule has 1 amide bonds. The number of hydrogen-bond donors (Lipinski definition) is 2. The number of aliphatic hydroxyl groups excluding tert-OH is 2. The molecular formula is C10H15NO5. The highest BCUT2D eigenvalue weighted by Gasteiger charge is 2.56. The van der Waals surface area contributed by atoms with Gasteiger partial charge in [-0.1, -0.05) is 0 Å². The molecule has 0 radical (unpaired) electrons. The normalized spacial score (nSPS) is 37.7. The minimum Gasteiger partial charge on any atom is -0.466 e. The molecule has 0 aromatic carbocycles. The first-order valence-corrected chi connectivity index (χ1v) is 5.41. The third-order valence-corrected chi connectivity index (χ3v) is 3.22. The lowest BCUT2D eigenvalue weighted by Crippen LogP contribution is -2.40. The second-order valence-electron chi connectivity index (χ2n) is 4.10. The number of amides is 1. The Morgan fingerprint density at radius 3 is 2.88 bits per heavy atom. The standard InChI is InChI=1S/C10H15NO5/c1-2-16-10(15)6-7-5(12)3-4-11(7)9(14)8(6)13/h5-8,12-13H,2-4H2,1H3/t5-,6-,7-,8+/m0/s1. The molecule has 2 heterocycles. The lowest BCUT2D eigenvalue weighted by atomic mass is 9.94. The zero-order chi connectivity index (χ0) is 11.9. The SMILES string of the molecule is CCOC(=O)[C@H]1[C@@H]2[C@@H](O)CCN2C(=O)[C@@H]1O. The fraction of sp³-hybridized carbons (Fsp3) is 0.800. The number of carbonyl (C=O) groups excluding carboxylic acids is 2. The average Bonchev–Trinajstić information content (AvgIpc) is 2.71. The summed E-state index contributed by atoms with van der Waals surface area (Å²) in [6, 6.07) is -0.624. The number of rotatable bonds is 2. The van der Waals surface area contributed by atoms with E-state index in [1.807, 2.05) is 0 Å². The van der Waals surface area contributed by atoms with Gasteiger partial charge in [0.2, 0.25) is 0 Å². The summed E-state index contributed by atoms with van der Waals surface area (Å²) in [6.45, 7) is 2.24. The van der Waals surface area contributed by atoms with E-state index in [1.165, 1.54) is 4.90 Å². The van der Waals surface area contributed by atoms with Crippen LogP contribution in [0.25, 0.3) is 0 Å². The number of hydrogen-bond acceptors (Lipinski definition) is 5. The van der Waals surface area contributed by atoms with Crippen LogP contribution in [0.5, 0.6) is 0 Å². The molecule has 2 saturated heterocycles. The molecule has 0 aromatic heterocycles. The first-order valence-electron chi connectivity index (χ1n) is 5.41. The van der Waals surface area contributed by atoms with Crippen LogP contribution in [-0.2, 0) is 14.3 Å². The summed E-state index contributed by atoms with van der Waals surface area (Å²) in [5.41, 5.74) is 0. The van der Waals surface area contributed by atoms with Crippen LogP contribution in [0, 0.1) is 5.92 Å². The number of esters is 1. The number of aliphatic hydroxyl groups is 2. The average molecular weight is 229 g/mol. The summed E-state index contributed by atoms with van der Waals surface area (Å²) in [7, 11) is 0. The smallest absolute Gasteiger partial charge is 0.314 e. The van der Waals surface area contributed by atoms with Crippen LogP contribution in [-0.4, -0.2) is 58.4 Å². The highest BCUT2D eigenvalue weighted by atomic mass is 16.5. The molecule has 0 spiro atoms. The van der Waals surface area contributed by atoms with Gasteiger partial charge in [0, 0.05) is 6.54 Å². The van der Waals surface area contributed by atoms with Crippen molar-refractivity contribution in [1.29, 1.82) is 0 Å². The highest BCUT2D eigenvalue weighted by molar-refractivity contribution is 5.92. The van der Waals surface area contributed by atoms with Crippen molar-refractivity contribution >= 4 is 11.9 Å². The summed E-state index contributed by atoms with van der Waals surface area (Å²) in [4.78, 5) is 24.6. The van der Waals surface area contributed by atoms with Crippen LogP contribution in [0.1, 0.15) is 13.3 Å². The molecule has 2 N–H and O–H groups in total. The van der Waals surface area contributed by atoms with E-state index in [0.29, 0.717) is 13.0 Å². The molecule has 0 saturated carbocycles. The van der Waals surface area contributed by atoms with E-state index >= 15 is 0 Å². The van der Waals surface area contributed by atoms with Gasteiger partial charge in [0.05, 0.1) is 18.8 Å². The van der Waals surface area contributed by atoms with E-state index in [2.05, 4.69) is 0 Å². The van der Waals surface area contributed by atoms with Gasteiger partial charge < -0.3 is 19.8 Å². The zero-order valence-corrected chi connectivity index (χ0v) is 9.00. The molecule has 0 bridgehead atoms. The van der Waals surface area contributed by atoms with Crippen LogP contribution < -0.4 is 0 Å². The van der Waals surface area contributed by atoms with Gasteiger partial charge in [-0.05, 0) is 13.3 Å². The zero-order valence-electron chi connectivity index (χ0n) is 9.00. The highest BCUT2D eigenvalue weighted by Crippen LogP contribution is 2.35. The lowest BCUT2D eigenvalue weighted by Gasteiger charge is -2.21. The lowest BCUT2D eigenvalue weighted by molar-refractivity contribution is -0.154. The third-order valence-electron chi connectivity index (χ3n) is 3.22. The first-order chi connectivity index (χ1) is 7.57. The van der Waals surface area contributed by atoms with Crippen LogP contribution in [0.3, 0.4) is 0 Å². The van der Waals surface area contributed by atoms with E-state index in [4.69, 9.17) is 4.74 Å². The Morgan fingerprint density at radius 2 is 2.25 bits per heavy atom. The minimum atomic E-state index is -1.38. The van der Waals surface area contributed by atoms with Gasteiger partial charge >= 0.3 is 5.97 Å². The largest absolute Gasteiger partial charge is 0.466 e. The third kappa shape index (κ3) is 1.49. The molecule has 6 heteroatoms. The van der Waals surface area contributed by atoms with Gasteiger partial charge in [-0.25, -0.2) is 0 Å². The van der Waals surface area contributed by atoms with E-state index in [1.54, 1.807) is 6.92 Å². The van der Waals surface area contributed by atoms with Crippen molar-refractivity contribution in [2.24, 2.45) is 5.92 Å². The topological polar surface area (TPSA) is 87.1 Å². The molecular weight excluding hydrogens is 214 g/mol. The van der Waals surface area contributed by atoms with Crippen molar-refractivity contribution in [2.45, 2.75) is 31.6 Å². The summed E-state index contributed by atoms with van der Waals surface area (Å²) >= 11 is 0. The summed E-state index contributed by atoms with van der Waals surface area (Å²) < 4.78 is 4.81. The van der Waals surface area contributed by atoms with Crippen molar-refractivity contribution in [3.8, 4) is 0 Å². The van der Waals surface area contributed by atoms with Crippen LogP contribution in [0.4, 0.5) is 0 Å². The van der Waals surface area contributed by atoms with Crippen molar-refractivity contribution < 1.29 is 24.5 Å². The second kappa shape index (κ2) is 4.03. The summed E-state index contributed by atoms with van der Waals surface area (Å²) in [5, 5.41) is 19.4. The van der Waals surface area contributed by atoms with Crippen molar-refractivity contribution in [3.05, 3.63) is 0 Å². The maximum absolute atomic E-state index is 11.6. The molecule has 2 aliphatic heterocycles. The van der Waals surface area contributed by atoms with E-state index in [0.717, 1.165) is 0 Å². The van der Waals surface area contributed by atoms with E-state index in [-0.39, 0.29) is 6.61 Å². The number of ether oxygens (including phenoxy) is 1. The van der Waals surface area contributed by atoms with E-state index in [9.17, 15) is 19.8 Å². The fourth-order valence-electron chi connectivity index (χ4n) is 2.51. The minimum absolute atomic E-state index is 0.194. The maximum Gasteiger partial charge on any atom is 0.314 e. The summed E-state index contributed by atoms with van der Waals surface area (Å²) in [6.07, 6.45) is -1.69. The Bertz CT molecular complexity index is 318. The van der Waals surface area contributed by atoms with Gasteiger partial charge in [0.1, 0.15) is 12.0 Å². The van der Waals surface area contributed by atoms with Crippen LogP contribution in [0.15, 0.2) is 0 Å². The van der Waals surface area contributed by atoms with Crippen molar-refractivity contribution in [1.82, 2.24) is 4.90 Å². The number of fused-ring (bicyclic) bond motifs is 1. The van der Waals surface area contributed by atoms with Crippen LogP contribution >= 0.6 is 0 Å². The Hall–Kier alpha value is -1.14. The molecule has 2 fully saturated rings. The van der Waals surface area contributed by atoms with E-state index < -0.39 is 36.0 Å². The van der Waals surface area contributed by atoms with Crippen molar-refractivity contribution in [2.75, 3.05) is 13.2 Å².